The summed E-state index contributed by atoms with van der Waals surface area (Å²) in [6, 6.07) is 8.20. The van der Waals surface area contributed by atoms with Gasteiger partial charge in [0.05, 0.1) is 18.1 Å². The molecule has 0 radical (unpaired) electrons. The molecule has 1 unspecified atom stereocenters. The minimum absolute atomic E-state index is 0.0881. The normalized spacial score (nSPS) is 21.6. The second-order valence-corrected chi connectivity index (χ2v) is 7.12. The lowest BCUT2D eigenvalue weighted by atomic mass is 10.1. The third-order valence-corrected chi connectivity index (χ3v) is 5.16. The largest absolute Gasteiger partial charge is 0.377 e. The average molecular weight is 283 g/mol. The SMILES string of the molecule is CCOCc1ccccc1CNC1CCS(=O)(=O)C1. The van der Waals surface area contributed by atoms with Crippen molar-refractivity contribution in [2.24, 2.45) is 0 Å². The van der Waals surface area contributed by atoms with Crippen LogP contribution in [0, 0.1) is 0 Å². The molecule has 1 heterocycles. The van der Waals surface area contributed by atoms with E-state index in [0.29, 0.717) is 25.5 Å². The highest BCUT2D eigenvalue weighted by atomic mass is 32.2. The van der Waals surface area contributed by atoms with E-state index in [1.807, 2.05) is 19.1 Å². The van der Waals surface area contributed by atoms with E-state index in [-0.39, 0.29) is 11.8 Å². The summed E-state index contributed by atoms with van der Waals surface area (Å²) in [5.74, 6) is 0.575. The zero-order chi connectivity index (χ0) is 13.7. The van der Waals surface area contributed by atoms with Gasteiger partial charge in [0.1, 0.15) is 0 Å². The van der Waals surface area contributed by atoms with Crippen molar-refractivity contribution in [1.82, 2.24) is 5.32 Å². The molecule has 19 heavy (non-hydrogen) atoms. The first-order chi connectivity index (χ1) is 9.11. The molecule has 0 aliphatic carbocycles. The summed E-state index contributed by atoms with van der Waals surface area (Å²) < 4.78 is 28.2. The van der Waals surface area contributed by atoms with E-state index in [0.717, 1.165) is 12.0 Å². The summed E-state index contributed by atoms with van der Waals surface area (Å²) >= 11 is 0. The van der Waals surface area contributed by atoms with Crippen molar-refractivity contribution in [3.8, 4) is 0 Å². The molecule has 2 rings (SSSR count). The summed E-state index contributed by atoms with van der Waals surface area (Å²) in [5, 5.41) is 3.34. The summed E-state index contributed by atoms with van der Waals surface area (Å²) in [6.07, 6.45) is 0.718. The predicted molar refractivity (Wildman–Crippen MR) is 75.7 cm³/mol. The van der Waals surface area contributed by atoms with Crippen molar-refractivity contribution in [3.63, 3.8) is 0 Å². The standard InChI is InChI=1S/C14H21NO3S/c1-2-18-10-13-6-4-3-5-12(13)9-15-14-7-8-19(16,17)11-14/h3-6,14-15H,2,7-11H2,1H3. The molecule has 1 fully saturated rings. The average Bonchev–Trinajstić information content (AvgIpc) is 2.74. The molecule has 106 valence electrons. The lowest BCUT2D eigenvalue weighted by molar-refractivity contribution is 0.133. The Kier molecular flexibility index (Phi) is 4.96. The van der Waals surface area contributed by atoms with Crippen molar-refractivity contribution >= 4 is 9.84 Å². The fraction of sp³-hybridized carbons (Fsp3) is 0.571. The molecule has 1 aromatic carbocycles. The third kappa shape index (κ3) is 4.30. The first kappa shape index (κ1) is 14.5. The molecule has 1 saturated heterocycles. The Balaban J connectivity index is 1.92. The Bertz CT molecular complexity index is 513. The Morgan fingerprint density at radius 2 is 2.05 bits per heavy atom. The topological polar surface area (TPSA) is 55.4 Å². The van der Waals surface area contributed by atoms with Crippen molar-refractivity contribution in [2.75, 3.05) is 18.1 Å². The number of sulfone groups is 1. The Morgan fingerprint density at radius 3 is 2.68 bits per heavy atom. The van der Waals surface area contributed by atoms with Crippen LogP contribution in [0.3, 0.4) is 0 Å². The second kappa shape index (κ2) is 6.50. The predicted octanol–water partition coefficient (Wildman–Crippen LogP) is 1.50. The van der Waals surface area contributed by atoms with Gasteiger partial charge in [-0.15, -0.1) is 0 Å². The number of hydrogen-bond acceptors (Lipinski definition) is 4. The van der Waals surface area contributed by atoms with Crippen LogP contribution in [0.25, 0.3) is 0 Å². The molecular formula is C14H21NO3S. The molecule has 0 aromatic heterocycles. The lowest BCUT2D eigenvalue weighted by Crippen LogP contribution is -2.29. The zero-order valence-corrected chi connectivity index (χ0v) is 12.1. The van der Waals surface area contributed by atoms with E-state index < -0.39 is 9.84 Å². The Morgan fingerprint density at radius 1 is 1.32 bits per heavy atom. The van der Waals surface area contributed by atoms with Crippen molar-refractivity contribution < 1.29 is 13.2 Å². The monoisotopic (exact) mass is 283 g/mol. The number of ether oxygens (including phenoxy) is 1. The quantitative estimate of drug-likeness (QED) is 0.859. The minimum atomic E-state index is -2.81. The van der Waals surface area contributed by atoms with E-state index in [9.17, 15) is 8.42 Å². The number of hydrogen-bond donors (Lipinski definition) is 1. The van der Waals surface area contributed by atoms with Crippen LogP contribution in [-0.4, -0.2) is 32.6 Å². The first-order valence-electron chi connectivity index (χ1n) is 6.69. The maximum Gasteiger partial charge on any atom is 0.151 e. The van der Waals surface area contributed by atoms with Gasteiger partial charge < -0.3 is 10.1 Å². The summed E-state index contributed by atoms with van der Waals surface area (Å²) in [6.45, 7) is 3.98. The van der Waals surface area contributed by atoms with Gasteiger partial charge in [-0.25, -0.2) is 8.42 Å². The van der Waals surface area contributed by atoms with E-state index in [1.54, 1.807) is 0 Å². The van der Waals surface area contributed by atoms with Crippen LogP contribution in [0.15, 0.2) is 24.3 Å². The van der Waals surface area contributed by atoms with Gasteiger partial charge in [0.25, 0.3) is 0 Å². The van der Waals surface area contributed by atoms with E-state index in [2.05, 4.69) is 17.4 Å². The van der Waals surface area contributed by atoms with Crippen LogP contribution in [-0.2, 0) is 27.7 Å². The molecule has 0 saturated carbocycles. The molecule has 4 nitrogen and oxygen atoms in total. The van der Waals surface area contributed by atoms with E-state index >= 15 is 0 Å². The molecule has 0 amide bonds. The summed E-state index contributed by atoms with van der Waals surface area (Å²) in [5.41, 5.74) is 2.35. The summed E-state index contributed by atoms with van der Waals surface area (Å²) in [4.78, 5) is 0. The molecule has 1 atom stereocenters. The number of rotatable bonds is 6. The fourth-order valence-electron chi connectivity index (χ4n) is 2.29. The van der Waals surface area contributed by atoms with Gasteiger partial charge in [-0.05, 0) is 24.5 Å². The molecule has 1 N–H and O–H groups in total. The number of benzene rings is 1. The van der Waals surface area contributed by atoms with Crippen LogP contribution in [0.4, 0.5) is 0 Å². The van der Waals surface area contributed by atoms with Crippen LogP contribution in [0.2, 0.25) is 0 Å². The van der Waals surface area contributed by atoms with Crippen LogP contribution >= 0.6 is 0 Å². The molecule has 5 heteroatoms. The van der Waals surface area contributed by atoms with E-state index in [1.165, 1.54) is 5.56 Å². The van der Waals surface area contributed by atoms with Crippen molar-refractivity contribution in [3.05, 3.63) is 35.4 Å². The lowest BCUT2D eigenvalue weighted by Gasteiger charge is -2.14. The van der Waals surface area contributed by atoms with Crippen molar-refractivity contribution in [2.45, 2.75) is 32.5 Å². The smallest absolute Gasteiger partial charge is 0.151 e. The highest BCUT2D eigenvalue weighted by molar-refractivity contribution is 7.91. The molecule has 1 aliphatic rings. The van der Waals surface area contributed by atoms with Gasteiger partial charge in [-0.3, -0.25) is 0 Å². The Hall–Kier alpha value is -0.910. The van der Waals surface area contributed by atoms with Gasteiger partial charge in [-0.2, -0.15) is 0 Å². The number of nitrogens with one attached hydrogen (secondary N) is 1. The second-order valence-electron chi connectivity index (χ2n) is 4.89. The van der Waals surface area contributed by atoms with Gasteiger partial charge in [0.2, 0.25) is 0 Å². The maximum absolute atomic E-state index is 11.4. The zero-order valence-electron chi connectivity index (χ0n) is 11.3. The van der Waals surface area contributed by atoms with Gasteiger partial charge in [-0.1, -0.05) is 24.3 Å². The van der Waals surface area contributed by atoms with Gasteiger partial charge >= 0.3 is 0 Å². The van der Waals surface area contributed by atoms with Gasteiger partial charge in [0.15, 0.2) is 9.84 Å². The van der Waals surface area contributed by atoms with E-state index in [4.69, 9.17) is 4.74 Å². The first-order valence-corrected chi connectivity index (χ1v) is 8.51. The molecule has 1 aliphatic heterocycles. The van der Waals surface area contributed by atoms with Crippen molar-refractivity contribution in [1.29, 1.82) is 0 Å². The van der Waals surface area contributed by atoms with Crippen LogP contribution < -0.4 is 5.32 Å². The molecular weight excluding hydrogens is 262 g/mol. The molecule has 0 bridgehead atoms. The van der Waals surface area contributed by atoms with Gasteiger partial charge in [0, 0.05) is 19.2 Å². The summed E-state index contributed by atoms with van der Waals surface area (Å²) in [7, 11) is -2.81. The minimum Gasteiger partial charge on any atom is -0.377 e. The fourth-order valence-corrected chi connectivity index (χ4v) is 4.00. The highest BCUT2D eigenvalue weighted by Crippen LogP contribution is 2.14. The molecule has 0 spiro atoms. The third-order valence-electron chi connectivity index (χ3n) is 3.39. The highest BCUT2D eigenvalue weighted by Gasteiger charge is 2.27. The molecule has 1 aromatic rings. The Labute approximate surface area is 115 Å². The van der Waals surface area contributed by atoms with Crippen LogP contribution in [0.5, 0.6) is 0 Å². The van der Waals surface area contributed by atoms with Crippen LogP contribution in [0.1, 0.15) is 24.5 Å². The maximum atomic E-state index is 11.4.